The molecule has 3 nitrogen and oxygen atoms in total. The van der Waals surface area contributed by atoms with E-state index in [0.29, 0.717) is 0 Å². The Kier molecular flexibility index (Phi) is 853. The van der Waals surface area contributed by atoms with Gasteiger partial charge in [-0.25, -0.2) is 0 Å². The maximum atomic E-state index is 0. The van der Waals surface area contributed by atoms with Gasteiger partial charge in [0.1, 0.15) is 0 Å². The summed E-state index contributed by atoms with van der Waals surface area (Å²) in [5, 5.41) is 0. The van der Waals surface area contributed by atoms with Crippen LogP contribution in [0.4, 0.5) is 0 Å². The molecule has 0 atom stereocenters. The maximum Gasteiger partial charge on any atom is 1.00 e. The summed E-state index contributed by atoms with van der Waals surface area (Å²) < 4.78 is 0. The van der Waals surface area contributed by atoms with Gasteiger partial charge in [0.05, 0.1) is 0 Å². The average Bonchev–Trinajstić information content (AvgIpc) is 0. The van der Waals surface area contributed by atoms with Crippen LogP contribution in [0.25, 0.3) is 0 Å². The van der Waals surface area contributed by atoms with E-state index in [9.17, 15) is 0 Å². The second-order valence-electron chi connectivity index (χ2n) is 0. The maximum absolute atomic E-state index is 0. The molecule has 0 fully saturated rings. The minimum absolute atomic E-state index is 0. The summed E-state index contributed by atoms with van der Waals surface area (Å²) in [6, 6.07) is 0. The van der Waals surface area contributed by atoms with Crippen molar-refractivity contribution in [3.8, 4) is 0 Å². The largest absolute Gasteiger partial charge is 1.00 e. The third kappa shape index (κ3) is 49.7. The molecular weight excluding hydrogens is 128 g/mol. The zero-order chi connectivity index (χ0) is 0. The van der Waals surface area contributed by atoms with E-state index in [2.05, 4.69) is 0 Å². The van der Waals surface area contributed by atoms with E-state index in [4.69, 9.17) is 0 Å². The predicted molar refractivity (Wildman–Crippen MR) is 21.6 cm³/mol. The van der Waals surface area contributed by atoms with Gasteiger partial charge in [0.2, 0.25) is 0 Å². The second kappa shape index (κ2) is 65.1. The monoisotopic (exact) mass is 138 g/mol. The van der Waals surface area contributed by atoms with Crippen molar-refractivity contribution >= 4 is 8.41 Å². The molecule has 0 aromatic rings. The molecule has 0 aliphatic heterocycles. The van der Waals surface area contributed by atoms with Gasteiger partial charge in [0.25, 0.3) is 0 Å². The molecule has 5 N–H and O–H groups in total. The molecule has 0 spiro atoms. The van der Waals surface area contributed by atoms with Crippen molar-refractivity contribution in [2.75, 3.05) is 0 Å². The minimum atomic E-state index is 0. The third-order valence-corrected chi connectivity index (χ3v) is 0. The molecule has 0 saturated carbocycles. The molecule has 34 valence electrons. The van der Waals surface area contributed by atoms with Gasteiger partial charge >= 0.3 is 88.7 Å². The Morgan fingerprint density at radius 2 is 0.714 bits per heavy atom. The molecule has 0 aliphatic carbocycles. The van der Waals surface area contributed by atoms with Crippen molar-refractivity contribution in [2.45, 2.75) is 0 Å². The van der Waals surface area contributed by atoms with Crippen LogP contribution >= 0.6 is 0 Å². The summed E-state index contributed by atoms with van der Waals surface area (Å²) in [6.45, 7) is 0. The van der Waals surface area contributed by atoms with E-state index in [1.54, 1.807) is 0 Å². The number of hydrogen-bond donors (Lipinski definition) is 0. The molecule has 0 aromatic carbocycles. The summed E-state index contributed by atoms with van der Waals surface area (Å²) in [5.74, 6) is 0. The fourth-order valence-corrected chi connectivity index (χ4v) is 0. The van der Waals surface area contributed by atoms with Gasteiger partial charge in [-0.3, -0.25) is 0 Å². The fraction of sp³-hybridized carbons (Fsp3) is 0. The Bertz CT molecular complexity index is 14.5. The minimum Gasteiger partial charge on any atom is -1.00 e. The quantitative estimate of drug-likeness (QED) is 0.305. The van der Waals surface area contributed by atoms with Crippen LogP contribution in [0, 0.1) is 0 Å². The molecule has 0 radical (unpaired) electrons. The third-order valence-electron chi connectivity index (χ3n) is 0. The van der Waals surface area contributed by atoms with Crippen LogP contribution in [0.5, 0.6) is 0 Å². The first-order valence-electron chi connectivity index (χ1n) is 0. The van der Waals surface area contributed by atoms with Crippen molar-refractivity contribution in [3.63, 3.8) is 0 Å². The smallest absolute Gasteiger partial charge is 1.00 e. The van der Waals surface area contributed by atoms with Gasteiger partial charge in [-0.2, -0.15) is 0 Å². The van der Waals surface area contributed by atoms with Crippen LogP contribution in [0.1, 0.15) is 1.43 Å². The molecule has 0 bridgehead atoms. The van der Waals surface area contributed by atoms with Gasteiger partial charge < -0.3 is 17.9 Å². The van der Waals surface area contributed by atoms with E-state index >= 15 is 0 Å². The Hall–Kier alpha value is 2.94. The van der Waals surface area contributed by atoms with E-state index in [1.807, 2.05) is 0 Å². The fourth-order valence-electron chi connectivity index (χ4n) is 0. The van der Waals surface area contributed by atoms with Crippen LogP contribution in [-0.4, -0.2) is 24.8 Å². The molecule has 7 heavy (non-hydrogen) atoms. The molecule has 0 rings (SSSR count). The van der Waals surface area contributed by atoms with Gasteiger partial charge in [0.15, 0.2) is 0 Å². The van der Waals surface area contributed by atoms with Gasteiger partial charge in [-0.1, -0.05) is 8.41 Å². The molecule has 7 heteroatoms. The Morgan fingerprint density at radius 3 is 0.714 bits per heavy atom. The molecule has 0 amide bonds. The van der Waals surface area contributed by atoms with E-state index in [-0.39, 0.29) is 115 Å². The second-order valence-corrected chi connectivity index (χ2v) is 0. The Labute approximate surface area is 113 Å². The first-order valence-corrected chi connectivity index (χ1v) is 0. The van der Waals surface area contributed by atoms with Gasteiger partial charge in [0, 0.05) is 0 Å². The molecular formula is H10BNa3O3. The van der Waals surface area contributed by atoms with Crippen molar-refractivity contribution in [1.82, 2.24) is 0 Å². The zero-order valence-electron chi connectivity index (χ0n) is 5.45. The van der Waals surface area contributed by atoms with Crippen LogP contribution in [0.2, 0.25) is 0 Å². The van der Waals surface area contributed by atoms with Crippen LogP contribution in [0.3, 0.4) is 0 Å². The number of rotatable bonds is 0. The Morgan fingerprint density at radius 1 is 0.714 bits per heavy atom. The predicted octanol–water partition coefficient (Wildman–Crippen LogP) is -12.2. The summed E-state index contributed by atoms with van der Waals surface area (Å²) >= 11 is 0. The van der Waals surface area contributed by atoms with Crippen LogP contribution < -0.4 is 88.7 Å². The van der Waals surface area contributed by atoms with E-state index < -0.39 is 0 Å². The summed E-state index contributed by atoms with van der Waals surface area (Å²) in [5.41, 5.74) is 0. The summed E-state index contributed by atoms with van der Waals surface area (Å²) in [4.78, 5) is 0. The molecule has 0 aliphatic rings. The average molecular weight is 138 g/mol. The summed E-state index contributed by atoms with van der Waals surface area (Å²) in [7, 11) is 0. The number of hydrogen-bond acceptors (Lipinski definition) is 1. The van der Waals surface area contributed by atoms with Crippen molar-refractivity contribution in [3.05, 3.63) is 0 Å². The Balaban J connectivity index is 0. The van der Waals surface area contributed by atoms with Crippen molar-refractivity contribution < 1.29 is 107 Å². The topological polar surface area (TPSA) is 93.0 Å². The van der Waals surface area contributed by atoms with E-state index in [0.717, 1.165) is 0 Å². The molecule has 0 heterocycles. The van der Waals surface area contributed by atoms with Crippen LogP contribution in [0.15, 0.2) is 0 Å². The first-order chi connectivity index (χ1) is 0. The van der Waals surface area contributed by atoms with Gasteiger partial charge in [-0.05, 0) is 0 Å². The normalized spacial score (nSPS) is 0. The van der Waals surface area contributed by atoms with E-state index in [1.165, 1.54) is 0 Å². The standard InChI is InChI=1S/BH4.3Na.3H2O.H/h1H4;;;;3*1H2;/q-1;3*+1;;;;-1/p-1. The molecule has 0 saturated heterocycles. The van der Waals surface area contributed by atoms with Gasteiger partial charge in [-0.15, -0.1) is 0 Å². The summed E-state index contributed by atoms with van der Waals surface area (Å²) in [6.07, 6.45) is 0. The van der Waals surface area contributed by atoms with Crippen LogP contribution in [-0.2, 0) is 0 Å². The molecule has 0 unspecified atom stereocenters. The zero-order valence-corrected chi connectivity index (χ0v) is 10.4. The van der Waals surface area contributed by atoms with Crippen molar-refractivity contribution in [2.24, 2.45) is 0 Å². The first kappa shape index (κ1) is 91.7. The van der Waals surface area contributed by atoms with Crippen molar-refractivity contribution in [1.29, 1.82) is 0 Å². The molecule has 0 aromatic heterocycles. The SMILES string of the molecule is O.O.[BH4-].[H-].[Na+].[Na+].[Na+].[OH-].